The molecule has 0 spiro atoms. The molecular formula is C13H10ClNO4. The number of hydrogen-bond donors (Lipinski definition) is 1. The third-order valence-electron chi connectivity index (χ3n) is 2.49. The second-order valence-electron chi connectivity index (χ2n) is 3.73. The maximum atomic E-state index is 10.7. The lowest BCUT2D eigenvalue weighted by atomic mass is 10.2. The fraction of sp³-hybridized carbons (Fsp3) is 0.0769. The Morgan fingerprint density at radius 1 is 1.26 bits per heavy atom. The van der Waals surface area contributed by atoms with E-state index in [4.69, 9.17) is 16.3 Å². The average Bonchev–Trinajstić information content (AvgIpc) is 2.39. The zero-order chi connectivity index (χ0) is 13.8. The number of rotatable bonds is 4. The van der Waals surface area contributed by atoms with E-state index < -0.39 is 4.92 Å². The smallest absolute Gasteiger partial charge is 0.273 e. The van der Waals surface area contributed by atoms with Crippen LogP contribution in [0.4, 0.5) is 5.69 Å². The molecule has 19 heavy (non-hydrogen) atoms. The van der Waals surface area contributed by atoms with Crippen LogP contribution in [0.5, 0.6) is 11.5 Å². The van der Waals surface area contributed by atoms with Crippen LogP contribution in [0, 0.1) is 10.1 Å². The second-order valence-corrected chi connectivity index (χ2v) is 4.14. The molecule has 5 nitrogen and oxygen atoms in total. The molecule has 1 N–H and O–H groups in total. The lowest BCUT2D eigenvalue weighted by Crippen LogP contribution is -1.94. The van der Waals surface area contributed by atoms with Gasteiger partial charge in [-0.3, -0.25) is 10.1 Å². The molecule has 0 saturated heterocycles. The van der Waals surface area contributed by atoms with Crippen molar-refractivity contribution in [3.63, 3.8) is 0 Å². The fourth-order valence-electron chi connectivity index (χ4n) is 1.58. The Bertz CT molecular complexity index is 615. The summed E-state index contributed by atoms with van der Waals surface area (Å²) in [4.78, 5) is 10.2. The molecule has 0 heterocycles. The van der Waals surface area contributed by atoms with Crippen LogP contribution in [0.2, 0.25) is 5.02 Å². The van der Waals surface area contributed by atoms with Gasteiger partial charge in [0.2, 0.25) is 0 Å². The first-order chi connectivity index (χ1) is 9.11. The van der Waals surface area contributed by atoms with Crippen molar-refractivity contribution in [2.75, 3.05) is 0 Å². The van der Waals surface area contributed by atoms with Crippen LogP contribution in [0.1, 0.15) is 5.56 Å². The fourth-order valence-corrected chi connectivity index (χ4v) is 1.80. The van der Waals surface area contributed by atoms with Gasteiger partial charge in [0.15, 0.2) is 0 Å². The van der Waals surface area contributed by atoms with Crippen LogP contribution in [0.25, 0.3) is 0 Å². The van der Waals surface area contributed by atoms with Gasteiger partial charge in [-0.1, -0.05) is 23.7 Å². The molecule has 0 saturated carbocycles. The van der Waals surface area contributed by atoms with Gasteiger partial charge in [-0.05, 0) is 18.2 Å². The van der Waals surface area contributed by atoms with Crippen molar-refractivity contribution in [2.45, 2.75) is 6.61 Å². The quantitative estimate of drug-likeness (QED) is 0.686. The summed E-state index contributed by atoms with van der Waals surface area (Å²) in [7, 11) is 0. The average molecular weight is 280 g/mol. The number of hydrogen-bond acceptors (Lipinski definition) is 4. The molecule has 0 amide bonds. The molecule has 2 aromatic carbocycles. The maximum Gasteiger partial charge on any atom is 0.273 e. The van der Waals surface area contributed by atoms with Gasteiger partial charge in [0.25, 0.3) is 5.69 Å². The van der Waals surface area contributed by atoms with Gasteiger partial charge in [-0.15, -0.1) is 0 Å². The summed E-state index contributed by atoms with van der Waals surface area (Å²) in [5.74, 6) is 0.682. The minimum Gasteiger partial charge on any atom is -0.457 e. The molecule has 0 aliphatic heterocycles. The van der Waals surface area contributed by atoms with Gasteiger partial charge in [-0.25, -0.2) is 0 Å². The number of aliphatic hydroxyl groups excluding tert-OH is 1. The van der Waals surface area contributed by atoms with E-state index in [1.807, 2.05) is 0 Å². The highest BCUT2D eigenvalue weighted by Gasteiger charge is 2.11. The lowest BCUT2D eigenvalue weighted by molar-refractivity contribution is -0.384. The number of ether oxygens (including phenoxy) is 1. The molecule has 0 aromatic heterocycles. The van der Waals surface area contributed by atoms with Gasteiger partial charge in [-0.2, -0.15) is 0 Å². The topological polar surface area (TPSA) is 72.6 Å². The van der Waals surface area contributed by atoms with E-state index in [1.54, 1.807) is 24.3 Å². The van der Waals surface area contributed by atoms with Gasteiger partial charge >= 0.3 is 0 Å². The van der Waals surface area contributed by atoms with E-state index in [9.17, 15) is 15.2 Å². The molecule has 2 rings (SSSR count). The highest BCUT2D eigenvalue weighted by atomic mass is 35.5. The Hall–Kier alpha value is -2.11. The number of halogens is 1. The second kappa shape index (κ2) is 5.69. The van der Waals surface area contributed by atoms with Crippen molar-refractivity contribution in [3.8, 4) is 11.5 Å². The normalized spacial score (nSPS) is 10.2. The molecule has 0 radical (unpaired) electrons. The predicted octanol–water partition coefficient (Wildman–Crippen LogP) is 3.53. The molecule has 0 unspecified atom stereocenters. The van der Waals surface area contributed by atoms with Crippen LogP contribution in [-0.4, -0.2) is 10.0 Å². The number of benzene rings is 2. The number of nitrogens with zero attached hydrogens (tertiary/aromatic N) is 1. The zero-order valence-electron chi connectivity index (χ0n) is 9.75. The number of nitro groups is 1. The predicted molar refractivity (Wildman–Crippen MR) is 70.5 cm³/mol. The summed E-state index contributed by atoms with van der Waals surface area (Å²) in [5, 5.41) is 20.3. The summed E-state index contributed by atoms with van der Waals surface area (Å²) in [6, 6.07) is 10.7. The first kappa shape index (κ1) is 13.3. The van der Waals surface area contributed by atoms with E-state index in [-0.39, 0.29) is 12.3 Å². The van der Waals surface area contributed by atoms with Crippen molar-refractivity contribution < 1.29 is 14.8 Å². The Morgan fingerprint density at radius 2 is 2.00 bits per heavy atom. The molecule has 0 atom stereocenters. The molecule has 0 bridgehead atoms. The summed E-state index contributed by atoms with van der Waals surface area (Å²) < 4.78 is 5.52. The van der Waals surface area contributed by atoms with Gasteiger partial charge < -0.3 is 9.84 Å². The van der Waals surface area contributed by atoms with E-state index in [0.717, 1.165) is 0 Å². The zero-order valence-corrected chi connectivity index (χ0v) is 10.5. The van der Waals surface area contributed by atoms with Gasteiger partial charge in [0.1, 0.15) is 11.5 Å². The van der Waals surface area contributed by atoms with Crippen LogP contribution in [0.3, 0.4) is 0 Å². The molecule has 0 fully saturated rings. The minimum atomic E-state index is -0.502. The third-order valence-corrected chi connectivity index (χ3v) is 2.84. The van der Waals surface area contributed by atoms with Crippen molar-refractivity contribution in [2.24, 2.45) is 0 Å². The van der Waals surface area contributed by atoms with Crippen molar-refractivity contribution in [1.82, 2.24) is 0 Å². The van der Waals surface area contributed by atoms with Crippen molar-refractivity contribution in [3.05, 3.63) is 63.2 Å². The highest BCUT2D eigenvalue weighted by Crippen LogP contribution is 2.31. The highest BCUT2D eigenvalue weighted by molar-refractivity contribution is 6.31. The largest absolute Gasteiger partial charge is 0.457 e. The standard InChI is InChI=1S/C13H10ClNO4/c14-12-5-2-6-13(11(12)8-16)19-10-4-1-3-9(7-10)15(17)18/h1-7,16H,8H2. The third kappa shape index (κ3) is 3.01. The molecule has 0 aliphatic carbocycles. The number of aliphatic hydroxyl groups is 1. The lowest BCUT2D eigenvalue weighted by Gasteiger charge is -2.10. The first-order valence-corrected chi connectivity index (χ1v) is 5.80. The van der Waals surface area contributed by atoms with Crippen molar-refractivity contribution >= 4 is 17.3 Å². The van der Waals surface area contributed by atoms with Crippen LogP contribution < -0.4 is 4.74 Å². The van der Waals surface area contributed by atoms with Crippen LogP contribution in [-0.2, 0) is 6.61 Å². The van der Waals surface area contributed by atoms with E-state index in [0.29, 0.717) is 22.1 Å². The van der Waals surface area contributed by atoms with Crippen molar-refractivity contribution in [1.29, 1.82) is 0 Å². The van der Waals surface area contributed by atoms with Crippen LogP contribution in [0.15, 0.2) is 42.5 Å². The molecule has 0 aliphatic rings. The summed E-state index contributed by atoms with van der Waals surface area (Å²) in [6.45, 7) is -0.274. The molecule has 98 valence electrons. The molecular weight excluding hydrogens is 270 g/mol. The summed E-state index contributed by atoms with van der Waals surface area (Å²) >= 11 is 5.93. The Morgan fingerprint density at radius 3 is 2.68 bits per heavy atom. The minimum absolute atomic E-state index is 0.0647. The van der Waals surface area contributed by atoms with E-state index in [2.05, 4.69) is 0 Å². The monoisotopic (exact) mass is 279 g/mol. The number of non-ortho nitro benzene ring substituents is 1. The molecule has 2 aromatic rings. The van der Waals surface area contributed by atoms with E-state index >= 15 is 0 Å². The Labute approximate surface area is 114 Å². The summed E-state index contributed by atoms with van der Waals surface area (Å²) in [6.07, 6.45) is 0. The Kier molecular flexibility index (Phi) is 3.99. The number of nitro benzene ring substituents is 1. The van der Waals surface area contributed by atoms with E-state index in [1.165, 1.54) is 18.2 Å². The SMILES string of the molecule is O=[N+]([O-])c1cccc(Oc2cccc(Cl)c2CO)c1. The van der Waals surface area contributed by atoms with Gasteiger partial charge in [0.05, 0.1) is 17.6 Å². The first-order valence-electron chi connectivity index (χ1n) is 5.42. The Balaban J connectivity index is 2.33. The van der Waals surface area contributed by atoms with Crippen LogP contribution >= 0.6 is 11.6 Å². The maximum absolute atomic E-state index is 10.7. The van der Waals surface area contributed by atoms with Gasteiger partial charge in [0, 0.05) is 16.7 Å². The molecule has 6 heteroatoms. The summed E-state index contributed by atoms with van der Waals surface area (Å²) in [5.41, 5.74) is 0.376.